The Morgan fingerprint density at radius 2 is 1.89 bits per heavy atom. The third-order valence-electron chi connectivity index (χ3n) is 8.41. The van der Waals surface area contributed by atoms with E-state index in [0.29, 0.717) is 37.6 Å². The number of nitrogens with zero attached hydrogens (tertiary/aromatic N) is 5. The van der Waals surface area contributed by atoms with E-state index in [-0.39, 0.29) is 18.6 Å². The molecule has 1 unspecified atom stereocenters. The zero-order valence-electron chi connectivity index (χ0n) is 24.5. The fourth-order valence-corrected chi connectivity index (χ4v) is 6.70. The number of hydrogen-bond donors (Lipinski definition) is 1. The smallest absolute Gasteiger partial charge is 0.410 e. The SMILES string of the molecule is Cn1cncc1CCNC(=O)[C@H]1CN(C2c3ccc(Cl)cc3CCc3cc(Br)cnc32)CCN1C(=O)OCc1ccccc1. The van der Waals surface area contributed by atoms with Gasteiger partial charge in [0, 0.05) is 67.2 Å². The van der Waals surface area contributed by atoms with Gasteiger partial charge in [-0.3, -0.25) is 19.6 Å². The Hall–Kier alpha value is -3.73. The molecule has 2 aromatic carbocycles. The minimum absolute atomic E-state index is 0.137. The number of ether oxygens (including phenoxy) is 1. The molecule has 1 saturated heterocycles. The van der Waals surface area contributed by atoms with Crippen molar-refractivity contribution < 1.29 is 14.3 Å². The molecular weight excluding hydrogens is 644 g/mol. The van der Waals surface area contributed by atoms with Gasteiger partial charge in [0.25, 0.3) is 0 Å². The molecule has 1 aliphatic heterocycles. The number of aromatic nitrogens is 3. The summed E-state index contributed by atoms with van der Waals surface area (Å²) in [6, 6.07) is 16.7. The first kappa shape index (κ1) is 30.3. The average molecular weight is 678 g/mol. The van der Waals surface area contributed by atoms with E-state index in [2.05, 4.69) is 43.3 Å². The Morgan fingerprint density at radius 3 is 2.68 bits per heavy atom. The van der Waals surface area contributed by atoms with Crippen molar-refractivity contribution in [3.63, 3.8) is 0 Å². The highest BCUT2D eigenvalue weighted by molar-refractivity contribution is 9.10. The number of aryl methyl sites for hydroxylation is 3. The highest BCUT2D eigenvalue weighted by Crippen LogP contribution is 2.38. The molecule has 0 bridgehead atoms. The van der Waals surface area contributed by atoms with Crippen LogP contribution in [0.2, 0.25) is 5.02 Å². The molecule has 44 heavy (non-hydrogen) atoms. The molecule has 4 aromatic rings. The van der Waals surface area contributed by atoms with Crippen molar-refractivity contribution in [2.75, 3.05) is 26.2 Å². The molecule has 2 amide bonds. The lowest BCUT2D eigenvalue weighted by molar-refractivity contribution is -0.128. The minimum Gasteiger partial charge on any atom is -0.445 e. The Balaban J connectivity index is 1.27. The van der Waals surface area contributed by atoms with Gasteiger partial charge >= 0.3 is 6.09 Å². The molecule has 2 atom stereocenters. The summed E-state index contributed by atoms with van der Waals surface area (Å²) in [6.45, 7) is 1.76. The van der Waals surface area contributed by atoms with Gasteiger partial charge in [-0.05, 0) is 69.2 Å². The normalized spacial score (nSPS) is 18.2. The number of carbonyl (C=O) groups excluding carboxylic acids is 2. The topological polar surface area (TPSA) is 92.6 Å². The van der Waals surface area contributed by atoms with Crippen LogP contribution in [-0.4, -0.2) is 68.6 Å². The van der Waals surface area contributed by atoms with Crippen molar-refractivity contribution in [1.82, 2.24) is 29.7 Å². The Kier molecular flexibility index (Phi) is 9.30. The number of amides is 2. The van der Waals surface area contributed by atoms with Crippen molar-refractivity contribution in [3.05, 3.63) is 116 Å². The molecule has 1 aliphatic carbocycles. The van der Waals surface area contributed by atoms with Crippen molar-refractivity contribution in [2.24, 2.45) is 7.05 Å². The number of hydrogen-bond acceptors (Lipinski definition) is 6. The van der Waals surface area contributed by atoms with Crippen molar-refractivity contribution in [2.45, 2.75) is 38.0 Å². The molecule has 11 heteroatoms. The van der Waals surface area contributed by atoms with Gasteiger partial charge in [0.1, 0.15) is 12.6 Å². The molecule has 0 saturated carbocycles. The standard InChI is InChI=1S/C33H34BrClN6O3/c1-39-21-36-18-27(39)11-12-37-32(42)29-19-40(13-14-41(29)33(43)44-20-22-5-3-2-4-6-22)31-28-10-9-26(35)16-23(28)7-8-24-15-25(34)17-38-30(24)31/h2-6,9-10,15-18,21,29,31H,7-8,11-14,19-20H2,1H3,(H,37,42)/t29-,31?/m1/s1. The van der Waals surface area contributed by atoms with Crippen LogP contribution in [0.15, 0.2) is 77.8 Å². The van der Waals surface area contributed by atoms with Crippen molar-refractivity contribution >= 4 is 39.5 Å². The lowest BCUT2D eigenvalue weighted by atomic mass is 9.95. The maximum Gasteiger partial charge on any atom is 0.410 e. The van der Waals surface area contributed by atoms with Gasteiger partial charge in [-0.2, -0.15) is 0 Å². The van der Waals surface area contributed by atoms with Crippen LogP contribution in [0.3, 0.4) is 0 Å². The molecular formula is C33H34BrClN6O3. The number of piperazine rings is 1. The van der Waals surface area contributed by atoms with Crippen LogP contribution >= 0.6 is 27.5 Å². The molecule has 2 aromatic heterocycles. The summed E-state index contributed by atoms with van der Waals surface area (Å²) < 4.78 is 8.57. The predicted octanol–water partition coefficient (Wildman–Crippen LogP) is 5.10. The highest BCUT2D eigenvalue weighted by Gasteiger charge is 2.41. The van der Waals surface area contributed by atoms with Crippen LogP contribution in [0, 0.1) is 0 Å². The van der Waals surface area contributed by atoms with Gasteiger partial charge in [-0.15, -0.1) is 0 Å². The first-order chi connectivity index (χ1) is 21.4. The van der Waals surface area contributed by atoms with Crippen molar-refractivity contribution in [3.8, 4) is 0 Å². The summed E-state index contributed by atoms with van der Waals surface area (Å²) >= 11 is 10.0. The number of carbonyl (C=O) groups is 2. The second kappa shape index (κ2) is 13.5. The maximum absolute atomic E-state index is 13.8. The van der Waals surface area contributed by atoms with E-state index in [1.165, 1.54) is 5.56 Å². The van der Waals surface area contributed by atoms with Gasteiger partial charge in [-0.1, -0.05) is 48.0 Å². The van der Waals surface area contributed by atoms with E-state index in [1.807, 2.05) is 60.3 Å². The number of halogens is 2. The third-order valence-corrected chi connectivity index (χ3v) is 9.08. The molecule has 228 valence electrons. The van der Waals surface area contributed by atoms with E-state index in [0.717, 1.165) is 45.4 Å². The van der Waals surface area contributed by atoms with Crippen LogP contribution in [0.5, 0.6) is 0 Å². The highest BCUT2D eigenvalue weighted by atomic mass is 79.9. The third kappa shape index (κ3) is 6.67. The van der Waals surface area contributed by atoms with E-state index >= 15 is 0 Å². The molecule has 9 nitrogen and oxygen atoms in total. The Labute approximate surface area is 270 Å². The summed E-state index contributed by atoms with van der Waals surface area (Å²) in [5, 5.41) is 3.76. The summed E-state index contributed by atoms with van der Waals surface area (Å²) in [4.78, 5) is 40.2. The van der Waals surface area contributed by atoms with Crippen LogP contribution in [-0.2, 0) is 42.4 Å². The number of pyridine rings is 1. The summed E-state index contributed by atoms with van der Waals surface area (Å²) in [5.74, 6) is -0.220. The van der Waals surface area contributed by atoms with Crippen molar-refractivity contribution in [1.29, 1.82) is 0 Å². The molecule has 6 rings (SSSR count). The maximum atomic E-state index is 13.8. The molecule has 1 fully saturated rings. The predicted molar refractivity (Wildman–Crippen MR) is 171 cm³/mol. The Morgan fingerprint density at radius 1 is 1.07 bits per heavy atom. The fraction of sp³-hybridized carbons (Fsp3) is 0.333. The van der Waals surface area contributed by atoms with Gasteiger partial charge < -0.3 is 14.6 Å². The number of rotatable bonds is 7. The van der Waals surface area contributed by atoms with E-state index < -0.39 is 12.1 Å². The molecule has 2 aliphatic rings. The second-order valence-corrected chi connectivity index (χ2v) is 12.6. The largest absolute Gasteiger partial charge is 0.445 e. The van der Waals surface area contributed by atoms with Gasteiger partial charge in [0.15, 0.2) is 0 Å². The van der Waals surface area contributed by atoms with E-state index in [1.54, 1.807) is 17.4 Å². The Bertz CT molecular complexity index is 1590. The number of imidazole rings is 1. The quantitative estimate of drug-likeness (QED) is 0.293. The minimum atomic E-state index is -0.753. The monoisotopic (exact) mass is 676 g/mol. The average Bonchev–Trinajstić information content (AvgIpc) is 3.37. The zero-order valence-corrected chi connectivity index (χ0v) is 26.8. The van der Waals surface area contributed by atoms with Crippen LogP contribution in [0.4, 0.5) is 4.79 Å². The summed E-state index contributed by atoms with van der Waals surface area (Å²) in [6.07, 6.45) is 7.14. The van der Waals surface area contributed by atoms with Gasteiger partial charge in [0.2, 0.25) is 5.91 Å². The second-order valence-electron chi connectivity index (χ2n) is 11.2. The van der Waals surface area contributed by atoms with Crippen LogP contribution in [0.1, 0.15) is 39.7 Å². The molecule has 3 heterocycles. The van der Waals surface area contributed by atoms with Crippen LogP contribution < -0.4 is 5.32 Å². The first-order valence-corrected chi connectivity index (χ1v) is 15.9. The number of fused-ring (bicyclic) bond motifs is 2. The molecule has 0 radical (unpaired) electrons. The van der Waals surface area contributed by atoms with Crippen LogP contribution in [0.25, 0.3) is 0 Å². The van der Waals surface area contributed by atoms with Gasteiger partial charge in [-0.25, -0.2) is 9.78 Å². The first-order valence-electron chi connectivity index (χ1n) is 14.7. The lowest BCUT2D eigenvalue weighted by Crippen LogP contribution is -2.61. The number of benzene rings is 2. The summed E-state index contributed by atoms with van der Waals surface area (Å²) in [5.41, 5.74) is 6.30. The summed E-state index contributed by atoms with van der Waals surface area (Å²) in [7, 11) is 1.93. The lowest BCUT2D eigenvalue weighted by Gasteiger charge is -2.43. The van der Waals surface area contributed by atoms with E-state index in [9.17, 15) is 9.59 Å². The van der Waals surface area contributed by atoms with E-state index in [4.69, 9.17) is 21.3 Å². The fourth-order valence-electron chi connectivity index (χ4n) is 6.12. The zero-order chi connectivity index (χ0) is 30.6. The molecule has 1 N–H and O–H groups in total. The molecule has 0 spiro atoms. The van der Waals surface area contributed by atoms with Gasteiger partial charge in [0.05, 0.1) is 18.1 Å². The number of nitrogens with one attached hydrogen (secondary N) is 1.